The Bertz CT molecular complexity index is 752. The van der Waals surface area contributed by atoms with Crippen molar-refractivity contribution in [3.05, 3.63) is 93.5 Å². The Morgan fingerprint density at radius 1 is 0.818 bits per heavy atom. The second-order valence-electron chi connectivity index (χ2n) is 5.46. The van der Waals surface area contributed by atoms with Gasteiger partial charge in [0, 0.05) is 23.3 Å². The van der Waals surface area contributed by atoms with Gasteiger partial charge in [-0.15, -0.1) is 0 Å². The predicted octanol–water partition coefficient (Wildman–Crippen LogP) is 4.73. The van der Waals surface area contributed by atoms with Crippen LogP contribution in [0.25, 0.3) is 0 Å². The topological polar surface area (TPSA) is 25.8 Å². The third kappa shape index (κ3) is 4.01. The van der Waals surface area contributed by atoms with E-state index in [4.69, 9.17) is 0 Å². The Kier molecular flexibility index (Phi) is 4.64. The second kappa shape index (κ2) is 6.84. The maximum absolute atomic E-state index is 4.44. The minimum Gasteiger partial charge on any atom is -0.258 e. The zero-order valence-corrected chi connectivity index (χ0v) is 14.0. The lowest BCUT2D eigenvalue weighted by Crippen LogP contribution is -1.96. The van der Waals surface area contributed by atoms with Gasteiger partial charge in [-0.3, -0.25) is 9.97 Å². The first-order valence-electron chi connectivity index (χ1n) is 7.29. The van der Waals surface area contributed by atoms with Crippen molar-refractivity contribution in [1.82, 2.24) is 9.97 Å². The number of hydrogen-bond acceptors (Lipinski definition) is 2. The number of rotatable bonds is 4. The summed E-state index contributed by atoms with van der Waals surface area (Å²) in [7, 11) is 0. The van der Waals surface area contributed by atoms with E-state index >= 15 is 0 Å². The largest absolute Gasteiger partial charge is 0.258 e. The van der Waals surface area contributed by atoms with Gasteiger partial charge in [-0.05, 0) is 42.2 Å². The summed E-state index contributed by atoms with van der Waals surface area (Å²) >= 11 is 3.62. The van der Waals surface area contributed by atoms with Crippen molar-refractivity contribution in [3.63, 3.8) is 0 Å². The van der Waals surface area contributed by atoms with Gasteiger partial charge in [0.15, 0.2) is 0 Å². The molecule has 0 bridgehead atoms. The lowest BCUT2D eigenvalue weighted by atomic mass is 10.0. The fourth-order valence-electron chi connectivity index (χ4n) is 2.47. The first kappa shape index (κ1) is 14.9. The van der Waals surface area contributed by atoms with Crippen LogP contribution in [0.1, 0.15) is 28.1 Å². The molecule has 0 unspecified atom stereocenters. The van der Waals surface area contributed by atoms with E-state index in [0.29, 0.717) is 0 Å². The van der Waals surface area contributed by atoms with Crippen LogP contribution in [0.2, 0.25) is 0 Å². The lowest BCUT2D eigenvalue weighted by Gasteiger charge is -2.07. The normalized spacial score (nSPS) is 10.6. The van der Waals surface area contributed by atoms with E-state index in [1.165, 1.54) is 16.7 Å². The van der Waals surface area contributed by atoms with Crippen LogP contribution in [0.15, 0.2) is 65.4 Å². The molecule has 1 aromatic heterocycles. The van der Waals surface area contributed by atoms with E-state index in [1.807, 2.05) is 25.4 Å². The van der Waals surface area contributed by atoms with Crippen molar-refractivity contribution in [2.75, 3.05) is 0 Å². The molecule has 3 aromatic rings. The van der Waals surface area contributed by atoms with Crippen LogP contribution >= 0.6 is 15.9 Å². The molecule has 3 heteroatoms. The third-order valence-corrected chi connectivity index (χ3v) is 3.95. The van der Waals surface area contributed by atoms with Gasteiger partial charge in [0.2, 0.25) is 0 Å². The van der Waals surface area contributed by atoms with Gasteiger partial charge in [-0.25, -0.2) is 0 Å². The van der Waals surface area contributed by atoms with E-state index in [9.17, 15) is 0 Å². The molecule has 0 fully saturated rings. The zero-order valence-electron chi connectivity index (χ0n) is 12.5. The van der Waals surface area contributed by atoms with Gasteiger partial charge in [-0.2, -0.15) is 0 Å². The molecule has 0 radical (unpaired) electrons. The molecular formula is C19H17BrN2. The highest BCUT2D eigenvalue weighted by Gasteiger charge is 2.04. The molecular weight excluding hydrogens is 336 g/mol. The van der Waals surface area contributed by atoms with Gasteiger partial charge in [0.25, 0.3) is 0 Å². The Morgan fingerprint density at radius 2 is 1.55 bits per heavy atom. The molecule has 110 valence electrons. The maximum atomic E-state index is 4.44. The Hall–Kier alpha value is -2.00. The summed E-state index contributed by atoms with van der Waals surface area (Å²) in [5.41, 5.74) is 5.81. The monoisotopic (exact) mass is 352 g/mol. The van der Waals surface area contributed by atoms with Crippen LogP contribution in [-0.2, 0) is 12.8 Å². The Labute approximate surface area is 139 Å². The van der Waals surface area contributed by atoms with Crippen LogP contribution in [0.3, 0.4) is 0 Å². The average Bonchev–Trinajstić information content (AvgIpc) is 2.50. The minimum atomic E-state index is 0.800. The van der Waals surface area contributed by atoms with Crippen molar-refractivity contribution in [2.24, 2.45) is 0 Å². The van der Waals surface area contributed by atoms with E-state index in [-0.39, 0.29) is 0 Å². The van der Waals surface area contributed by atoms with Gasteiger partial charge < -0.3 is 0 Å². The lowest BCUT2D eigenvalue weighted by molar-refractivity contribution is 0.997. The number of benzene rings is 2. The molecule has 0 saturated carbocycles. The van der Waals surface area contributed by atoms with Gasteiger partial charge in [-0.1, -0.05) is 52.3 Å². The van der Waals surface area contributed by atoms with E-state index in [0.717, 1.165) is 28.7 Å². The van der Waals surface area contributed by atoms with Gasteiger partial charge in [0.05, 0.1) is 11.4 Å². The van der Waals surface area contributed by atoms with Crippen molar-refractivity contribution in [3.8, 4) is 0 Å². The molecule has 0 N–H and O–H groups in total. The summed E-state index contributed by atoms with van der Waals surface area (Å²) < 4.78 is 1.11. The molecule has 0 saturated heterocycles. The molecule has 0 atom stereocenters. The van der Waals surface area contributed by atoms with Crippen molar-refractivity contribution >= 4 is 15.9 Å². The highest BCUT2D eigenvalue weighted by Crippen LogP contribution is 2.20. The molecule has 2 nitrogen and oxygen atoms in total. The Balaban J connectivity index is 1.82. The SMILES string of the molecule is Cc1cnc(Cc2cc(Br)cc(Cc3ccccc3)c2)cn1. The second-order valence-corrected chi connectivity index (χ2v) is 6.37. The third-order valence-electron chi connectivity index (χ3n) is 3.49. The van der Waals surface area contributed by atoms with Gasteiger partial charge in [0.1, 0.15) is 0 Å². The molecule has 0 aliphatic rings. The molecule has 0 aliphatic carbocycles. The van der Waals surface area contributed by atoms with E-state index < -0.39 is 0 Å². The maximum Gasteiger partial charge on any atom is 0.0630 e. The molecule has 22 heavy (non-hydrogen) atoms. The molecule has 2 aromatic carbocycles. The van der Waals surface area contributed by atoms with Gasteiger partial charge >= 0.3 is 0 Å². The molecule has 1 heterocycles. The first-order valence-corrected chi connectivity index (χ1v) is 8.08. The summed E-state index contributed by atoms with van der Waals surface area (Å²) in [5.74, 6) is 0. The number of halogens is 1. The average molecular weight is 353 g/mol. The van der Waals surface area contributed by atoms with Crippen LogP contribution < -0.4 is 0 Å². The molecule has 3 rings (SSSR count). The first-order chi connectivity index (χ1) is 10.7. The fourth-order valence-corrected chi connectivity index (χ4v) is 3.06. The number of nitrogens with zero attached hydrogens (tertiary/aromatic N) is 2. The smallest absolute Gasteiger partial charge is 0.0630 e. The minimum absolute atomic E-state index is 0.800. The number of hydrogen-bond donors (Lipinski definition) is 0. The highest BCUT2D eigenvalue weighted by molar-refractivity contribution is 9.10. The van der Waals surface area contributed by atoms with Crippen molar-refractivity contribution < 1.29 is 0 Å². The summed E-state index contributed by atoms with van der Waals surface area (Å²) in [6.45, 7) is 1.95. The van der Waals surface area contributed by atoms with Crippen molar-refractivity contribution in [1.29, 1.82) is 0 Å². The summed E-state index contributed by atoms with van der Waals surface area (Å²) in [6, 6.07) is 17.1. The predicted molar refractivity (Wildman–Crippen MR) is 93.0 cm³/mol. The van der Waals surface area contributed by atoms with E-state index in [2.05, 4.69) is 68.4 Å². The number of aryl methyl sites for hydroxylation is 1. The van der Waals surface area contributed by atoms with Crippen LogP contribution in [0.4, 0.5) is 0 Å². The molecule has 0 amide bonds. The summed E-state index contributed by atoms with van der Waals surface area (Å²) in [4.78, 5) is 8.75. The standard InChI is InChI=1S/C19H17BrN2/c1-14-12-22-19(13-21-14)11-17-8-16(9-18(20)10-17)7-15-5-3-2-4-6-15/h2-6,8-10,12-13H,7,11H2,1H3. The highest BCUT2D eigenvalue weighted by atomic mass is 79.9. The number of aromatic nitrogens is 2. The summed E-state index contributed by atoms with van der Waals surface area (Å²) in [5, 5.41) is 0. The van der Waals surface area contributed by atoms with E-state index in [1.54, 1.807) is 0 Å². The molecule has 0 aliphatic heterocycles. The molecule has 0 spiro atoms. The van der Waals surface area contributed by atoms with Crippen LogP contribution in [0, 0.1) is 6.92 Å². The Morgan fingerprint density at radius 3 is 2.23 bits per heavy atom. The summed E-state index contributed by atoms with van der Waals surface area (Å²) in [6.07, 6.45) is 5.41. The van der Waals surface area contributed by atoms with Crippen molar-refractivity contribution in [2.45, 2.75) is 19.8 Å². The quantitative estimate of drug-likeness (QED) is 0.678. The van der Waals surface area contributed by atoms with Crippen LogP contribution in [-0.4, -0.2) is 9.97 Å². The fraction of sp³-hybridized carbons (Fsp3) is 0.158. The zero-order chi connectivity index (χ0) is 15.4. The van der Waals surface area contributed by atoms with Crippen LogP contribution in [0.5, 0.6) is 0 Å².